The first-order chi connectivity index (χ1) is 9.36. The molecule has 0 fully saturated rings. The van der Waals surface area contributed by atoms with E-state index in [1.807, 2.05) is 18.2 Å². The summed E-state index contributed by atoms with van der Waals surface area (Å²) in [6, 6.07) is 14.4. The molecule has 2 aromatic heterocycles. The van der Waals surface area contributed by atoms with Crippen LogP contribution in [-0.2, 0) is 5.75 Å². The molecular weight excluding hydrogens is 274 g/mol. The van der Waals surface area contributed by atoms with Gasteiger partial charge in [-0.15, -0.1) is 23.1 Å². The number of hydrogen-bond acceptors (Lipinski definition) is 5. The van der Waals surface area contributed by atoms with Crippen LogP contribution in [-0.4, -0.2) is 4.98 Å². The summed E-state index contributed by atoms with van der Waals surface area (Å²) in [4.78, 5) is 4.55. The fraction of sp³-hybridized carbons (Fsp3) is 0.0714. The molecule has 0 amide bonds. The Morgan fingerprint density at radius 1 is 1.21 bits per heavy atom. The van der Waals surface area contributed by atoms with E-state index in [2.05, 4.69) is 40.1 Å². The number of thioether (sulfide) groups is 1. The molecule has 0 aliphatic carbocycles. The number of pyridine rings is 1. The van der Waals surface area contributed by atoms with Crippen LogP contribution in [0.15, 0.2) is 52.1 Å². The van der Waals surface area contributed by atoms with Crippen molar-refractivity contribution in [3.05, 3.63) is 53.4 Å². The molecule has 96 valence electrons. The number of nitrogens with two attached hydrogens (primary N) is 1. The highest BCUT2D eigenvalue weighted by Gasteiger charge is 2.06. The number of nitrogens with zero attached hydrogens (tertiary/aromatic N) is 1. The molecule has 0 radical (unpaired) electrons. The largest absolute Gasteiger partial charge is 0.308 e. The van der Waals surface area contributed by atoms with E-state index in [-0.39, 0.29) is 0 Å². The Bertz CT molecular complexity index is 680. The molecule has 0 saturated heterocycles. The molecular formula is C14H13N3S2. The second-order valence-electron chi connectivity index (χ2n) is 4.05. The molecule has 0 unspecified atom stereocenters. The number of thiophene rings is 1. The maximum absolute atomic E-state index is 5.57. The van der Waals surface area contributed by atoms with Gasteiger partial charge in [-0.1, -0.05) is 24.3 Å². The number of rotatable bonds is 4. The van der Waals surface area contributed by atoms with Crippen LogP contribution in [0.4, 0.5) is 5.82 Å². The number of para-hydroxylation sites is 1. The third-order valence-electron chi connectivity index (χ3n) is 2.80. The van der Waals surface area contributed by atoms with Crippen molar-refractivity contribution in [2.75, 3.05) is 5.43 Å². The zero-order chi connectivity index (χ0) is 13.1. The van der Waals surface area contributed by atoms with Gasteiger partial charge in [-0.05, 0) is 23.6 Å². The Kier molecular flexibility index (Phi) is 3.68. The molecule has 19 heavy (non-hydrogen) atoms. The highest BCUT2D eigenvalue weighted by atomic mass is 32.2. The fourth-order valence-corrected chi connectivity index (χ4v) is 3.65. The first-order valence-corrected chi connectivity index (χ1v) is 7.75. The van der Waals surface area contributed by atoms with Gasteiger partial charge in [0.2, 0.25) is 0 Å². The number of nitrogens with one attached hydrogen (secondary N) is 1. The van der Waals surface area contributed by atoms with Crippen LogP contribution < -0.4 is 11.3 Å². The number of anilines is 1. The van der Waals surface area contributed by atoms with Crippen LogP contribution in [0.1, 0.15) is 5.56 Å². The Hall–Kier alpha value is -1.56. The van der Waals surface area contributed by atoms with Gasteiger partial charge < -0.3 is 5.43 Å². The van der Waals surface area contributed by atoms with E-state index in [4.69, 9.17) is 5.84 Å². The highest BCUT2D eigenvalue weighted by molar-refractivity contribution is 8.00. The lowest BCUT2D eigenvalue weighted by atomic mass is 10.1. The number of nitrogen functional groups attached to an aromatic ring is 1. The van der Waals surface area contributed by atoms with Crippen LogP contribution in [0.5, 0.6) is 0 Å². The van der Waals surface area contributed by atoms with Gasteiger partial charge in [-0.3, -0.25) is 0 Å². The minimum atomic E-state index is 0.753. The van der Waals surface area contributed by atoms with Crippen LogP contribution in [0, 0.1) is 0 Å². The first kappa shape index (κ1) is 12.5. The summed E-state index contributed by atoms with van der Waals surface area (Å²) < 4.78 is 1.30. The number of hydrogen-bond donors (Lipinski definition) is 2. The molecule has 2 heterocycles. The van der Waals surface area contributed by atoms with E-state index in [0.717, 1.165) is 28.0 Å². The SMILES string of the molecule is NNc1nc2ccccc2cc1CSc1cccs1. The molecule has 1 aromatic carbocycles. The molecule has 0 aliphatic rings. The first-order valence-electron chi connectivity index (χ1n) is 5.88. The molecule has 0 aliphatic heterocycles. The zero-order valence-corrected chi connectivity index (χ0v) is 11.8. The number of benzene rings is 1. The Labute approximate surface area is 119 Å². The van der Waals surface area contributed by atoms with E-state index in [1.54, 1.807) is 23.1 Å². The molecule has 3 aromatic rings. The van der Waals surface area contributed by atoms with Gasteiger partial charge in [0.25, 0.3) is 0 Å². The summed E-state index contributed by atoms with van der Waals surface area (Å²) in [6.07, 6.45) is 0. The monoisotopic (exact) mass is 287 g/mol. The molecule has 0 atom stereocenters. The second kappa shape index (κ2) is 5.61. The summed E-state index contributed by atoms with van der Waals surface area (Å²) in [7, 11) is 0. The van der Waals surface area contributed by atoms with E-state index in [0.29, 0.717) is 0 Å². The number of aromatic nitrogens is 1. The highest BCUT2D eigenvalue weighted by Crippen LogP contribution is 2.30. The van der Waals surface area contributed by atoms with E-state index in [1.165, 1.54) is 4.21 Å². The average molecular weight is 287 g/mol. The van der Waals surface area contributed by atoms with Crippen molar-refractivity contribution in [1.82, 2.24) is 4.98 Å². The van der Waals surface area contributed by atoms with Crippen molar-refractivity contribution in [2.45, 2.75) is 9.96 Å². The molecule has 3 rings (SSSR count). The van der Waals surface area contributed by atoms with Gasteiger partial charge in [-0.2, -0.15) is 0 Å². The number of fused-ring (bicyclic) bond motifs is 1. The molecule has 0 spiro atoms. The van der Waals surface area contributed by atoms with Crippen LogP contribution >= 0.6 is 23.1 Å². The summed E-state index contributed by atoms with van der Waals surface area (Å²) in [5.74, 6) is 7.18. The molecule has 3 N–H and O–H groups in total. The van der Waals surface area contributed by atoms with Crippen molar-refractivity contribution in [1.29, 1.82) is 0 Å². The normalized spacial score (nSPS) is 10.8. The fourth-order valence-electron chi connectivity index (χ4n) is 1.89. The minimum absolute atomic E-state index is 0.753. The van der Waals surface area contributed by atoms with E-state index < -0.39 is 0 Å². The van der Waals surface area contributed by atoms with Gasteiger partial charge in [0.05, 0.1) is 9.73 Å². The van der Waals surface area contributed by atoms with Crippen LogP contribution in [0.25, 0.3) is 10.9 Å². The molecule has 0 saturated carbocycles. The summed E-state index contributed by atoms with van der Waals surface area (Å²) >= 11 is 3.55. The molecule has 3 nitrogen and oxygen atoms in total. The topological polar surface area (TPSA) is 50.9 Å². The van der Waals surface area contributed by atoms with Gasteiger partial charge in [0.15, 0.2) is 0 Å². The standard InChI is InChI=1S/C14H13N3S2/c15-17-14-11(9-19-13-6-3-7-18-13)8-10-4-1-2-5-12(10)16-14/h1-8H,9,15H2,(H,16,17). The average Bonchev–Trinajstić information content (AvgIpc) is 2.97. The van der Waals surface area contributed by atoms with Crippen molar-refractivity contribution < 1.29 is 0 Å². The van der Waals surface area contributed by atoms with Crippen molar-refractivity contribution in [3.8, 4) is 0 Å². The van der Waals surface area contributed by atoms with Crippen LogP contribution in [0.3, 0.4) is 0 Å². The summed E-state index contributed by atoms with van der Waals surface area (Å²) in [6.45, 7) is 0. The smallest absolute Gasteiger partial charge is 0.144 e. The van der Waals surface area contributed by atoms with Crippen molar-refractivity contribution in [2.24, 2.45) is 5.84 Å². The lowest BCUT2D eigenvalue weighted by molar-refractivity contribution is 1.21. The van der Waals surface area contributed by atoms with E-state index >= 15 is 0 Å². The Morgan fingerprint density at radius 2 is 2.11 bits per heavy atom. The number of hydrazine groups is 1. The molecule has 0 bridgehead atoms. The lowest BCUT2D eigenvalue weighted by Gasteiger charge is -2.09. The van der Waals surface area contributed by atoms with Gasteiger partial charge >= 0.3 is 0 Å². The van der Waals surface area contributed by atoms with Crippen molar-refractivity contribution in [3.63, 3.8) is 0 Å². The maximum Gasteiger partial charge on any atom is 0.144 e. The summed E-state index contributed by atoms with van der Waals surface area (Å²) in [5.41, 5.74) is 4.78. The Balaban J connectivity index is 1.92. The predicted octanol–water partition coefficient (Wildman–Crippen LogP) is 3.87. The maximum atomic E-state index is 5.57. The zero-order valence-electron chi connectivity index (χ0n) is 10.2. The Morgan fingerprint density at radius 3 is 2.89 bits per heavy atom. The molecule has 5 heteroatoms. The van der Waals surface area contributed by atoms with Crippen LogP contribution in [0.2, 0.25) is 0 Å². The predicted molar refractivity (Wildman–Crippen MR) is 83.4 cm³/mol. The lowest BCUT2D eigenvalue weighted by Crippen LogP contribution is -2.11. The quantitative estimate of drug-likeness (QED) is 0.434. The second-order valence-corrected chi connectivity index (χ2v) is 6.28. The van der Waals surface area contributed by atoms with E-state index in [9.17, 15) is 0 Å². The van der Waals surface area contributed by atoms with Gasteiger partial charge in [-0.25, -0.2) is 10.8 Å². The van der Waals surface area contributed by atoms with Crippen molar-refractivity contribution >= 4 is 39.8 Å². The van der Waals surface area contributed by atoms with Gasteiger partial charge in [0, 0.05) is 16.7 Å². The van der Waals surface area contributed by atoms with Gasteiger partial charge in [0.1, 0.15) is 5.82 Å². The third-order valence-corrected chi connectivity index (χ3v) is 4.98. The third kappa shape index (κ3) is 2.73. The minimum Gasteiger partial charge on any atom is -0.308 e. The summed E-state index contributed by atoms with van der Waals surface area (Å²) in [5, 5.41) is 3.23.